The molecule has 0 bridgehead atoms. The van der Waals surface area contributed by atoms with Crippen molar-refractivity contribution in [1.82, 2.24) is 0 Å². The van der Waals surface area contributed by atoms with E-state index in [0.29, 0.717) is 12.8 Å². The zero-order valence-electron chi connectivity index (χ0n) is 7.05. The number of aliphatic carboxylic acids is 1. The smallest absolute Gasteiger partial charge is 0.336 e. The average molecular weight is 185 g/mol. The summed E-state index contributed by atoms with van der Waals surface area (Å²) in [5.74, 6) is -1.30. The molecule has 0 heterocycles. The first-order chi connectivity index (χ1) is 6.11. The van der Waals surface area contributed by atoms with Gasteiger partial charge in [-0.25, -0.2) is 4.79 Å². The number of hydrogen-bond acceptors (Lipinski definition) is 3. The molecule has 1 aliphatic rings. The van der Waals surface area contributed by atoms with Gasteiger partial charge in [0.05, 0.1) is 6.04 Å². The van der Waals surface area contributed by atoms with Crippen LogP contribution in [0.4, 0.5) is 0 Å². The van der Waals surface area contributed by atoms with Crippen LogP contribution in [0.15, 0.2) is 5.11 Å². The topological polar surface area (TPSA) is 106 Å². The van der Waals surface area contributed by atoms with Crippen molar-refractivity contribution < 1.29 is 15.0 Å². The largest absolute Gasteiger partial charge is 0.479 e. The monoisotopic (exact) mass is 185 g/mol. The number of hydrogen-bond donors (Lipinski definition) is 2. The third kappa shape index (κ3) is 1.74. The van der Waals surface area contributed by atoms with Crippen LogP contribution in [0.25, 0.3) is 10.4 Å². The van der Waals surface area contributed by atoms with Gasteiger partial charge in [0.1, 0.15) is 0 Å². The van der Waals surface area contributed by atoms with Gasteiger partial charge in [0.2, 0.25) is 0 Å². The molecule has 0 aliphatic heterocycles. The molecule has 1 saturated carbocycles. The van der Waals surface area contributed by atoms with Crippen LogP contribution in [0, 0.1) is 0 Å². The van der Waals surface area contributed by atoms with E-state index >= 15 is 0 Å². The summed E-state index contributed by atoms with van der Waals surface area (Å²) in [6.45, 7) is 0. The van der Waals surface area contributed by atoms with E-state index < -0.39 is 17.6 Å². The van der Waals surface area contributed by atoms with Crippen molar-refractivity contribution in [2.75, 3.05) is 0 Å². The van der Waals surface area contributed by atoms with Crippen LogP contribution in [0.5, 0.6) is 0 Å². The molecular formula is C7H11N3O3. The fourth-order valence-corrected chi connectivity index (χ4v) is 1.60. The summed E-state index contributed by atoms with van der Waals surface area (Å²) in [5.41, 5.74) is 6.33. The van der Waals surface area contributed by atoms with E-state index in [2.05, 4.69) is 10.0 Å². The number of aliphatic hydroxyl groups is 1. The van der Waals surface area contributed by atoms with Crippen LogP contribution in [0.2, 0.25) is 0 Å². The maximum Gasteiger partial charge on any atom is 0.336 e. The van der Waals surface area contributed by atoms with E-state index in [1.165, 1.54) is 0 Å². The van der Waals surface area contributed by atoms with Crippen molar-refractivity contribution in [1.29, 1.82) is 0 Å². The van der Waals surface area contributed by atoms with Gasteiger partial charge in [0.15, 0.2) is 5.60 Å². The molecule has 1 rings (SSSR count). The molecule has 0 aromatic rings. The van der Waals surface area contributed by atoms with Crippen LogP contribution in [-0.2, 0) is 4.79 Å². The van der Waals surface area contributed by atoms with Crippen LogP contribution in [0.3, 0.4) is 0 Å². The van der Waals surface area contributed by atoms with Crippen LogP contribution in [-0.4, -0.2) is 27.8 Å². The molecule has 0 spiro atoms. The predicted octanol–water partition coefficient (Wildman–Crippen LogP) is 1.05. The molecule has 2 atom stereocenters. The number of carbonyl (C=O) groups is 1. The SMILES string of the molecule is [N-]=[N+]=N[C@H]1CCCC[C@@]1(O)C(=O)O. The Balaban J connectivity index is 2.89. The van der Waals surface area contributed by atoms with E-state index in [9.17, 15) is 9.90 Å². The van der Waals surface area contributed by atoms with Crippen molar-refractivity contribution >= 4 is 5.97 Å². The molecule has 0 unspecified atom stereocenters. The van der Waals surface area contributed by atoms with Crippen molar-refractivity contribution in [3.63, 3.8) is 0 Å². The molecule has 2 N–H and O–H groups in total. The standard InChI is InChI=1S/C7H11N3O3/c8-10-9-5-3-1-2-4-7(5,13)6(11)12/h5,13H,1-4H2,(H,11,12)/t5-,7-/m0/s1. The Kier molecular flexibility index (Phi) is 2.75. The van der Waals surface area contributed by atoms with Gasteiger partial charge in [-0.1, -0.05) is 11.5 Å². The highest BCUT2D eigenvalue weighted by atomic mass is 16.4. The number of nitrogens with zero attached hydrogens (tertiary/aromatic N) is 3. The first-order valence-electron chi connectivity index (χ1n) is 4.11. The normalized spacial score (nSPS) is 33.5. The predicted molar refractivity (Wildman–Crippen MR) is 44.0 cm³/mol. The molecule has 0 amide bonds. The summed E-state index contributed by atoms with van der Waals surface area (Å²) in [6, 6.07) is -0.830. The lowest BCUT2D eigenvalue weighted by Crippen LogP contribution is -2.50. The first-order valence-corrected chi connectivity index (χ1v) is 4.11. The summed E-state index contributed by atoms with van der Waals surface area (Å²) in [7, 11) is 0. The lowest BCUT2D eigenvalue weighted by atomic mass is 9.81. The van der Waals surface area contributed by atoms with Gasteiger partial charge in [-0.05, 0) is 24.8 Å². The Morgan fingerprint density at radius 1 is 1.62 bits per heavy atom. The molecule has 6 nitrogen and oxygen atoms in total. The van der Waals surface area contributed by atoms with E-state index in [-0.39, 0.29) is 6.42 Å². The van der Waals surface area contributed by atoms with Gasteiger partial charge >= 0.3 is 5.97 Å². The minimum absolute atomic E-state index is 0.159. The summed E-state index contributed by atoms with van der Waals surface area (Å²) in [5, 5.41) is 21.7. The average Bonchev–Trinajstić information content (AvgIpc) is 2.09. The summed E-state index contributed by atoms with van der Waals surface area (Å²) >= 11 is 0. The van der Waals surface area contributed by atoms with Gasteiger partial charge in [0.25, 0.3) is 0 Å². The number of carboxylic acids is 1. The Morgan fingerprint density at radius 3 is 2.85 bits per heavy atom. The molecule has 0 saturated heterocycles. The van der Waals surface area contributed by atoms with Gasteiger partial charge in [-0.15, -0.1) is 0 Å². The second kappa shape index (κ2) is 3.64. The van der Waals surface area contributed by atoms with E-state index in [1.54, 1.807) is 0 Å². The number of rotatable bonds is 2. The molecule has 6 heteroatoms. The minimum atomic E-state index is -1.86. The first kappa shape index (κ1) is 9.83. The zero-order chi connectivity index (χ0) is 9.90. The van der Waals surface area contributed by atoms with E-state index in [0.717, 1.165) is 6.42 Å². The Morgan fingerprint density at radius 2 is 2.31 bits per heavy atom. The molecule has 0 aromatic carbocycles. The maximum absolute atomic E-state index is 10.7. The lowest BCUT2D eigenvalue weighted by Gasteiger charge is -2.33. The Labute approximate surface area is 74.8 Å². The molecule has 72 valence electrons. The molecule has 1 aliphatic carbocycles. The molecule has 0 aromatic heterocycles. The Hall–Kier alpha value is -1.26. The minimum Gasteiger partial charge on any atom is -0.479 e. The van der Waals surface area contributed by atoms with Gasteiger partial charge in [-0.2, -0.15) is 0 Å². The quantitative estimate of drug-likeness (QED) is 0.381. The Bertz CT molecular complexity index is 262. The molecule has 1 fully saturated rings. The van der Waals surface area contributed by atoms with Crippen molar-refractivity contribution in [2.45, 2.75) is 37.3 Å². The van der Waals surface area contributed by atoms with Crippen molar-refractivity contribution in [3.05, 3.63) is 10.4 Å². The van der Waals surface area contributed by atoms with Gasteiger partial charge in [0, 0.05) is 4.91 Å². The van der Waals surface area contributed by atoms with Crippen LogP contribution >= 0.6 is 0 Å². The second-order valence-electron chi connectivity index (χ2n) is 3.20. The van der Waals surface area contributed by atoms with Crippen LogP contribution in [0.1, 0.15) is 25.7 Å². The molecule has 13 heavy (non-hydrogen) atoms. The third-order valence-corrected chi connectivity index (χ3v) is 2.40. The molecule has 0 radical (unpaired) electrons. The maximum atomic E-state index is 10.7. The van der Waals surface area contributed by atoms with Gasteiger partial charge < -0.3 is 10.2 Å². The van der Waals surface area contributed by atoms with E-state index in [4.69, 9.17) is 10.6 Å². The van der Waals surface area contributed by atoms with Crippen molar-refractivity contribution in [3.8, 4) is 0 Å². The van der Waals surface area contributed by atoms with E-state index in [1.807, 2.05) is 0 Å². The number of azide groups is 1. The fraction of sp³-hybridized carbons (Fsp3) is 0.857. The third-order valence-electron chi connectivity index (χ3n) is 2.40. The fourth-order valence-electron chi connectivity index (χ4n) is 1.60. The summed E-state index contributed by atoms with van der Waals surface area (Å²) in [4.78, 5) is 13.3. The zero-order valence-corrected chi connectivity index (χ0v) is 7.05. The van der Waals surface area contributed by atoms with Gasteiger partial charge in [-0.3, -0.25) is 0 Å². The van der Waals surface area contributed by atoms with Crippen molar-refractivity contribution in [2.24, 2.45) is 5.11 Å². The lowest BCUT2D eigenvalue weighted by molar-refractivity contribution is -0.163. The molecular weight excluding hydrogens is 174 g/mol. The van der Waals surface area contributed by atoms with Crippen LogP contribution < -0.4 is 0 Å². The summed E-state index contributed by atoms with van der Waals surface area (Å²) < 4.78 is 0. The highest BCUT2D eigenvalue weighted by molar-refractivity contribution is 5.78. The second-order valence-corrected chi connectivity index (χ2v) is 3.20. The highest BCUT2D eigenvalue weighted by Crippen LogP contribution is 2.31. The number of carboxylic acid groups (broad SMARTS) is 1. The summed E-state index contributed by atoms with van der Waals surface area (Å²) in [6.07, 6.45) is 2.04. The highest BCUT2D eigenvalue weighted by Gasteiger charge is 2.45.